The van der Waals surface area contributed by atoms with Crippen molar-refractivity contribution in [2.75, 3.05) is 40.4 Å². The van der Waals surface area contributed by atoms with Gasteiger partial charge in [-0.05, 0) is 57.8 Å². The molecular weight excluding hydrogens is 410 g/mol. The number of benzene rings is 1. The van der Waals surface area contributed by atoms with Gasteiger partial charge >= 0.3 is 0 Å². The third kappa shape index (κ3) is 4.72. The number of carbonyl (C=O) groups is 1. The minimum absolute atomic E-state index is 0.101. The molecule has 0 bridgehead atoms. The van der Waals surface area contributed by atoms with Gasteiger partial charge < -0.3 is 19.3 Å². The Morgan fingerprint density at radius 1 is 1.00 bits per heavy atom. The van der Waals surface area contributed by atoms with Gasteiger partial charge in [-0.15, -0.1) is 11.3 Å². The number of hydrogen-bond donors (Lipinski definition) is 0. The van der Waals surface area contributed by atoms with Gasteiger partial charge in [0.2, 0.25) is 0 Å². The zero-order valence-electron chi connectivity index (χ0n) is 18.9. The van der Waals surface area contributed by atoms with E-state index in [-0.39, 0.29) is 5.91 Å². The fourth-order valence-corrected chi connectivity index (χ4v) is 5.89. The molecule has 4 rings (SSSR count). The zero-order valence-corrected chi connectivity index (χ0v) is 19.7. The van der Waals surface area contributed by atoms with Gasteiger partial charge in [-0.25, -0.2) is 4.98 Å². The molecule has 0 saturated carbocycles. The summed E-state index contributed by atoms with van der Waals surface area (Å²) in [6, 6.07) is 6.30. The molecule has 3 heterocycles. The number of amides is 1. The van der Waals surface area contributed by atoms with Crippen molar-refractivity contribution in [1.29, 1.82) is 0 Å². The molecule has 0 aliphatic carbocycles. The topological polar surface area (TPSA) is 54.9 Å². The maximum absolute atomic E-state index is 13.3. The van der Waals surface area contributed by atoms with Crippen molar-refractivity contribution in [1.82, 2.24) is 14.8 Å². The van der Waals surface area contributed by atoms with Gasteiger partial charge in [0.05, 0.1) is 25.5 Å². The Labute approximate surface area is 189 Å². The molecule has 6 nitrogen and oxygen atoms in total. The van der Waals surface area contributed by atoms with E-state index in [1.807, 2.05) is 30.0 Å². The Morgan fingerprint density at radius 2 is 1.61 bits per heavy atom. The Morgan fingerprint density at radius 3 is 2.19 bits per heavy atom. The zero-order chi connectivity index (χ0) is 21.8. The van der Waals surface area contributed by atoms with Gasteiger partial charge in [-0.1, -0.05) is 18.9 Å². The summed E-state index contributed by atoms with van der Waals surface area (Å²) in [7, 11) is 3.28. The van der Waals surface area contributed by atoms with Crippen LogP contribution in [0.1, 0.15) is 53.9 Å². The first-order valence-corrected chi connectivity index (χ1v) is 12.2. The number of ether oxygens (including phenoxy) is 2. The molecule has 2 saturated heterocycles. The molecule has 7 heteroatoms. The fraction of sp³-hybridized carbons (Fsp3) is 0.583. The highest BCUT2D eigenvalue weighted by Crippen LogP contribution is 2.41. The summed E-state index contributed by atoms with van der Waals surface area (Å²) in [6.07, 6.45) is 7.48. The lowest BCUT2D eigenvalue weighted by Crippen LogP contribution is -2.47. The number of likely N-dealkylation sites (tertiary alicyclic amines) is 2. The van der Waals surface area contributed by atoms with Gasteiger partial charge in [0.15, 0.2) is 0 Å². The molecule has 0 radical (unpaired) electrons. The van der Waals surface area contributed by atoms with Gasteiger partial charge in [0, 0.05) is 19.1 Å². The maximum atomic E-state index is 13.3. The van der Waals surface area contributed by atoms with Crippen LogP contribution in [0, 0.1) is 6.92 Å². The summed E-state index contributed by atoms with van der Waals surface area (Å²) < 4.78 is 11.1. The molecule has 0 spiro atoms. The van der Waals surface area contributed by atoms with Crippen LogP contribution >= 0.6 is 11.3 Å². The van der Waals surface area contributed by atoms with Crippen LogP contribution in [0.15, 0.2) is 18.2 Å². The van der Waals surface area contributed by atoms with E-state index in [4.69, 9.17) is 14.5 Å². The highest BCUT2D eigenvalue weighted by molar-refractivity contribution is 7.17. The largest absolute Gasteiger partial charge is 0.496 e. The molecule has 31 heavy (non-hydrogen) atoms. The minimum atomic E-state index is 0.101. The molecule has 2 aromatic rings. The van der Waals surface area contributed by atoms with Crippen LogP contribution in [0.2, 0.25) is 0 Å². The number of aromatic nitrogens is 1. The van der Waals surface area contributed by atoms with E-state index in [1.165, 1.54) is 50.1 Å². The predicted molar refractivity (Wildman–Crippen MR) is 124 cm³/mol. The average molecular weight is 444 g/mol. The second kappa shape index (κ2) is 10.0. The van der Waals surface area contributed by atoms with E-state index in [1.54, 1.807) is 14.2 Å². The Bertz CT molecular complexity index is 875. The molecule has 1 aromatic carbocycles. The molecule has 0 atom stereocenters. The normalized spacial score (nSPS) is 18.6. The van der Waals surface area contributed by atoms with Crippen molar-refractivity contribution in [2.24, 2.45) is 0 Å². The molecule has 0 unspecified atom stereocenters. The summed E-state index contributed by atoms with van der Waals surface area (Å²) in [6.45, 7) is 6.00. The SMILES string of the molecule is COc1cccc(OC)c1-c1nc(C)c(C(=O)N2CCC(N3CCCCCC3)CC2)s1. The monoisotopic (exact) mass is 443 g/mol. The van der Waals surface area contributed by atoms with E-state index in [0.717, 1.165) is 47.1 Å². The van der Waals surface area contributed by atoms with Gasteiger partial charge in [-0.2, -0.15) is 0 Å². The van der Waals surface area contributed by atoms with E-state index < -0.39 is 0 Å². The fourth-order valence-electron chi connectivity index (χ4n) is 4.80. The van der Waals surface area contributed by atoms with Crippen molar-refractivity contribution in [3.63, 3.8) is 0 Å². The highest BCUT2D eigenvalue weighted by Gasteiger charge is 2.30. The number of hydrogen-bond acceptors (Lipinski definition) is 6. The van der Waals surface area contributed by atoms with Crippen LogP contribution in [-0.2, 0) is 0 Å². The molecule has 2 aliphatic heterocycles. The number of rotatable bonds is 5. The lowest BCUT2D eigenvalue weighted by Gasteiger charge is -2.38. The summed E-state index contributed by atoms with van der Waals surface area (Å²) in [5.74, 6) is 1.50. The van der Waals surface area contributed by atoms with E-state index >= 15 is 0 Å². The summed E-state index contributed by atoms with van der Waals surface area (Å²) in [5.41, 5.74) is 1.58. The lowest BCUT2D eigenvalue weighted by molar-refractivity contribution is 0.0626. The van der Waals surface area contributed by atoms with Crippen LogP contribution in [0.3, 0.4) is 0 Å². The van der Waals surface area contributed by atoms with E-state index in [2.05, 4.69) is 4.90 Å². The minimum Gasteiger partial charge on any atom is -0.496 e. The molecule has 2 aliphatic rings. The van der Waals surface area contributed by atoms with Gasteiger partial charge in [-0.3, -0.25) is 4.79 Å². The van der Waals surface area contributed by atoms with Crippen molar-refractivity contribution >= 4 is 17.2 Å². The van der Waals surface area contributed by atoms with Crippen molar-refractivity contribution in [3.05, 3.63) is 28.8 Å². The third-order valence-electron chi connectivity index (χ3n) is 6.54. The standard InChI is InChI=1S/C24H33N3O3S/c1-17-22(31-23(25-17)21-19(29-2)9-8-10-20(21)30-3)24(28)27-15-11-18(12-16-27)26-13-6-4-5-7-14-26/h8-10,18H,4-7,11-16H2,1-3H3. The first kappa shape index (κ1) is 22.1. The number of methoxy groups -OCH3 is 2. The van der Waals surface area contributed by atoms with Crippen LogP contribution in [-0.4, -0.2) is 67.1 Å². The molecule has 0 N–H and O–H groups in total. The summed E-state index contributed by atoms with van der Waals surface area (Å²) >= 11 is 1.43. The van der Waals surface area contributed by atoms with Crippen LogP contribution in [0.4, 0.5) is 0 Å². The summed E-state index contributed by atoms with van der Waals surface area (Å²) in [5, 5.41) is 0.759. The second-order valence-corrected chi connectivity index (χ2v) is 9.44. The van der Waals surface area contributed by atoms with Crippen LogP contribution in [0.25, 0.3) is 10.6 Å². The third-order valence-corrected chi connectivity index (χ3v) is 7.70. The molecule has 1 amide bonds. The lowest BCUT2D eigenvalue weighted by atomic mass is 10.0. The number of thiazole rings is 1. The Kier molecular flexibility index (Phi) is 7.13. The number of aryl methyl sites for hydroxylation is 1. The van der Waals surface area contributed by atoms with Gasteiger partial charge in [0.1, 0.15) is 21.4 Å². The number of carbonyl (C=O) groups excluding carboxylic acids is 1. The van der Waals surface area contributed by atoms with Crippen LogP contribution < -0.4 is 9.47 Å². The Balaban J connectivity index is 1.48. The number of piperidine rings is 1. The first-order chi connectivity index (χ1) is 15.1. The molecule has 1 aromatic heterocycles. The van der Waals surface area contributed by atoms with Crippen LogP contribution in [0.5, 0.6) is 11.5 Å². The Hall–Kier alpha value is -2.12. The van der Waals surface area contributed by atoms with Crippen molar-refractivity contribution in [2.45, 2.75) is 51.5 Å². The highest BCUT2D eigenvalue weighted by atomic mass is 32.1. The van der Waals surface area contributed by atoms with E-state index in [9.17, 15) is 4.79 Å². The van der Waals surface area contributed by atoms with Crippen molar-refractivity contribution < 1.29 is 14.3 Å². The molecule has 168 valence electrons. The smallest absolute Gasteiger partial charge is 0.265 e. The quantitative estimate of drug-likeness (QED) is 0.675. The van der Waals surface area contributed by atoms with Gasteiger partial charge in [0.25, 0.3) is 5.91 Å². The van der Waals surface area contributed by atoms with Crippen molar-refractivity contribution in [3.8, 4) is 22.1 Å². The average Bonchev–Trinajstić information content (AvgIpc) is 3.00. The molecular formula is C24H33N3O3S. The predicted octanol–water partition coefficient (Wildman–Crippen LogP) is 4.62. The van der Waals surface area contributed by atoms with E-state index in [0.29, 0.717) is 17.5 Å². The summed E-state index contributed by atoms with van der Waals surface area (Å²) in [4.78, 5) is 23.4. The molecule has 2 fully saturated rings. The second-order valence-electron chi connectivity index (χ2n) is 8.44. The number of nitrogens with zero attached hydrogens (tertiary/aromatic N) is 3. The maximum Gasteiger partial charge on any atom is 0.265 e. The first-order valence-electron chi connectivity index (χ1n) is 11.3.